The first-order valence-electron chi connectivity index (χ1n) is 32.8. The standard InChI is InChI=1S/C48H30N2S.C42H26N2S/c1-2-13-33(14-3-1)49-41-20-8-5-16-35(41)39-29-31(25-27-44(39)49)32-26-28-45-40(30-32)36-17-6-10-22-43(36)50(45)42-21-9-4-15-34(42)37-19-12-24-47-48(37)38-18-7-11-23-46(38)51-47;1-2-11-29(12-3-1)43-35-16-7-4-13-30(35)33-25-27(21-23-37(33)43)28-22-24-38-34(26-28)31-14-5-8-17-36(31)44(38)39-18-10-20-41-42(39)32-15-6-9-19-40(32)45-41/h1-30H;1-26H. The lowest BCUT2D eigenvalue weighted by molar-refractivity contribution is 1.18. The Kier molecular flexibility index (Phi) is 12.4. The van der Waals surface area contributed by atoms with Gasteiger partial charge in [-0.1, -0.05) is 206 Å². The topological polar surface area (TPSA) is 19.7 Å². The molecule has 0 aliphatic carbocycles. The molecule has 0 aliphatic heterocycles. The van der Waals surface area contributed by atoms with Crippen LogP contribution in [0.15, 0.2) is 340 Å². The molecule has 0 fully saturated rings. The van der Waals surface area contributed by atoms with Gasteiger partial charge in [0.05, 0.1) is 55.5 Å². The minimum atomic E-state index is 1.18. The molecule has 0 unspecified atom stereocenters. The zero-order valence-corrected chi connectivity index (χ0v) is 53.6. The van der Waals surface area contributed by atoms with E-state index in [0.717, 1.165) is 0 Å². The Morgan fingerprint density at radius 3 is 0.948 bits per heavy atom. The molecule has 15 aromatic carbocycles. The molecule has 0 bridgehead atoms. The Balaban J connectivity index is 0.000000132. The number of thiophene rings is 2. The third-order valence-corrected chi connectivity index (χ3v) is 22.1. The van der Waals surface area contributed by atoms with E-state index in [-0.39, 0.29) is 0 Å². The number of hydrogen-bond acceptors (Lipinski definition) is 2. The first-order chi connectivity index (χ1) is 47.6. The zero-order valence-electron chi connectivity index (χ0n) is 51.9. The van der Waals surface area contributed by atoms with Crippen molar-refractivity contribution in [2.24, 2.45) is 0 Å². The summed E-state index contributed by atoms with van der Waals surface area (Å²) < 4.78 is 15.0. The Bertz CT molecular complexity index is 6710. The van der Waals surface area contributed by atoms with Gasteiger partial charge in [0.2, 0.25) is 0 Å². The van der Waals surface area contributed by atoms with E-state index >= 15 is 0 Å². The molecule has 0 amide bonds. The van der Waals surface area contributed by atoms with Crippen molar-refractivity contribution < 1.29 is 0 Å². The molecule has 6 heterocycles. The van der Waals surface area contributed by atoms with E-state index in [1.54, 1.807) is 0 Å². The summed E-state index contributed by atoms with van der Waals surface area (Å²) in [5, 5.41) is 15.4. The predicted octanol–water partition coefficient (Wildman–Crippen LogP) is 25.5. The number of para-hydroxylation sites is 7. The van der Waals surface area contributed by atoms with Crippen molar-refractivity contribution in [1.29, 1.82) is 0 Å². The Morgan fingerprint density at radius 2 is 0.479 bits per heavy atom. The number of hydrogen-bond donors (Lipinski definition) is 0. The normalized spacial score (nSPS) is 12.0. The van der Waals surface area contributed by atoms with Gasteiger partial charge in [0.25, 0.3) is 0 Å². The monoisotopic (exact) mass is 1260 g/mol. The summed E-state index contributed by atoms with van der Waals surface area (Å²) in [5.74, 6) is 0. The summed E-state index contributed by atoms with van der Waals surface area (Å²) in [6, 6.07) is 124. The third kappa shape index (κ3) is 8.39. The lowest BCUT2D eigenvalue weighted by atomic mass is 9.97. The number of aromatic nitrogens is 4. The van der Waals surface area contributed by atoms with E-state index in [9.17, 15) is 0 Å². The largest absolute Gasteiger partial charge is 0.309 e. The van der Waals surface area contributed by atoms with Crippen LogP contribution >= 0.6 is 22.7 Å². The van der Waals surface area contributed by atoms with Crippen molar-refractivity contribution >= 4 is 150 Å². The highest BCUT2D eigenvalue weighted by Gasteiger charge is 2.22. The van der Waals surface area contributed by atoms with E-state index in [0.29, 0.717) is 0 Å². The molecule has 0 N–H and O–H groups in total. The number of rotatable bonds is 7. The molecule has 4 nitrogen and oxygen atoms in total. The average molecular weight is 1260 g/mol. The number of nitrogens with zero attached hydrogens (tertiary/aromatic N) is 4. The molecule has 448 valence electrons. The second-order valence-corrected chi connectivity index (χ2v) is 27.2. The summed E-state index contributed by atoms with van der Waals surface area (Å²) in [5.41, 5.74) is 21.9. The maximum absolute atomic E-state index is 2.47. The van der Waals surface area contributed by atoms with Crippen LogP contribution in [0.5, 0.6) is 0 Å². The van der Waals surface area contributed by atoms with E-state index in [2.05, 4.69) is 358 Å². The molecule has 21 aromatic rings. The zero-order chi connectivity index (χ0) is 63.0. The SMILES string of the molecule is c1ccc(-n2c3ccccc3c3cc(-c4ccc5c(c4)c4ccccc4n5-c4cccc5sc6ccccc6c45)ccc32)cc1.c1ccc(-n2c3ccccc3c3cc(-c4ccc5c(c4)c4ccccc4n5-c4ccccc4-c4cccc5sc6ccccc6c45)ccc32)cc1. The lowest BCUT2D eigenvalue weighted by Crippen LogP contribution is -1.97. The van der Waals surface area contributed by atoms with E-state index < -0.39 is 0 Å². The molecule has 0 saturated heterocycles. The predicted molar refractivity (Wildman–Crippen MR) is 412 cm³/mol. The highest BCUT2D eigenvalue weighted by molar-refractivity contribution is 7.26. The second kappa shape index (κ2) is 21.8. The quantitative estimate of drug-likeness (QED) is 0.152. The minimum absolute atomic E-state index is 1.18. The van der Waals surface area contributed by atoms with E-state index in [4.69, 9.17) is 0 Å². The summed E-state index contributed by atoms with van der Waals surface area (Å²) in [6.45, 7) is 0. The van der Waals surface area contributed by atoms with Crippen LogP contribution in [0, 0.1) is 0 Å². The van der Waals surface area contributed by atoms with E-state index in [1.165, 1.54) is 184 Å². The minimum Gasteiger partial charge on any atom is -0.309 e. The molecule has 0 atom stereocenters. The van der Waals surface area contributed by atoms with Gasteiger partial charge >= 0.3 is 0 Å². The van der Waals surface area contributed by atoms with Gasteiger partial charge in [-0.2, -0.15) is 0 Å². The van der Waals surface area contributed by atoms with Gasteiger partial charge in [0.15, 0.2) is 0 Å². The molecule has 0 radical (unpaired) electrons. The van der Waals surface area contributed by atoms with Gasteiger partial charge in [-0.25, -0.2) is 0 Å². The van der Waals surface area contributed by atoms with Crippen LogP contribution in [-0.2, 0) is 0 Å². The molecular formula is C90H56N4S2. The van der Waals surface area contributed by atoms with Crippen LogP contribution in [0.25, 0.3) is 184 Å². The lowest BCUT2D eigenvalue weighted by Gasteiger charge is -2.15. The Morgan fingerprint density at radius 1 is 0.177 bits per heavy atom. The first kappa shape index (κ1) is 54.5. The molecule has 96 heavy (non-hydrogen) atoms. The van der Waals surface area contributed by atoms with Crippen molar-refractivity contribution in [3.63, 3.8) is 0 Å². The fraction of sp³-hybridized carbons (Fsp3) is 0. The Labute approximate surface area is 560 Å². The van der Waals surface area contributed by atoms with Crippen LogP contribution in [0.4, 0.5) is 0 Å². The van der Waals surface area contributed by atoms with Crippen molar-refractivity contribution in [2.45, 2.75) is 0 Å². The molecular weight excluding hydrogens is 1200 g/mol. The first-order valence-corrected chi connectivity index (χ1v) is 34.4. The van der Waals surface area contributed by atoms with Gasteiger partial charge in [-0.15, -0.1) is 22.7 Å². The van der Waals surface area contributed by atoms with Crippen molar-refractivity contribution in [1.82, 2.24) is 18.3 Å². The van der Waals surface area contributed by atoms with Gasteiger partial charge in [-0.3, -0.25) is 0 Å². The Hall–Kier alpha value is -12.1. The van der Waals surface area contributed by atoms with Gasteiger partial charge in [-0.05, 0) is 161 Å². The van der Waals surface area contributed by atoms with Gasteiger partial charge < -0.3 is 18.3 Å². The fourth-order valence-corrected chi connectivity index (χ4v) is 17.9. The van der Waals surface area contributed by atoms with Crippen LogP contribution < -0.4 is 0 Å². The number of benzene rings is 15. The summed E-state index contributed by atoms with van der Waals surface area (Å²) in [4.78, 5) is 0. The van der Waals surface area contributed by atoms with Crippen LogP contribution in [0.3, 0.4) is 0 Å². The average Bonchev–Trinajstić information content (AvgIpc) is 1.58. The summed E-state index contributed by atoms with van der Waals surface area (Å²) in [7, 11) is 0. The maximum atomic E-state index is 2.47. The fourth-order valence-electron chi connectivity index (χ4n) is 15.7. The highest BCUT2D eigenvalue weighted by Crippen LogP contribution is 2.46. The number of fused-ring (bicyclic) bond motifs is 18. The summed E-state index contributed by atoms with van der Waals surface area (Å²) in [6.07, 6.45) is 0. The summed E-state index contributed by atoms with van der Waals surface area (Å²) >= 11 is 3.74. The molecule has 0 saturated carbocycles. The van der Waals surface area contributed by atoms with Crippen molar-refractivity contribution in [2.75, 3.05) is 0 Å². The molecule has 0 aliphatic rings. The second-order valence-electron chi connectivity index (χ2n) is 25.1. The molecule has 0 spiro atoms. The van der Waals surface area contributed by atoms with Crippen LogP contribution in [-0.4, -0.2) is 18.3 Å². The molecule has 6 heteroatoms. The van der Waals surface area contributed by atoms with Crippen LogP contribution in [0.2, 0.25) is 0 Å². The van der Waals surface area contributed by atoms with Gasteiger partial charge in [0, 0.05) is 100 Å². The molecule has 6 aromatic heterocycles. The highest BCUT2D eigenvalue weighted by atomic mass is 32.1. The smallest absolute Gasteiger partial charge is 0.0555 e. The van der Waals surface area contributed by atoms with E-state index in [1.807, 2.05) is 22.7 Å². The van der Waals surface area contributed by atoms with Crippen LogP contribution in [0.1, 0.15) is 0 Å². The van der Waals surface area contributed by atoms with Crippen molar-refractivity contribution in [3.05, 3.63) is 340 Å². The molecule has 21 rings (SSSR count). The maximum Gasteiger partial charge on any atom is 0.0555 e. The van der Waals surface area contributed by atoms with Crippen molar-refractivity contribution in [3.8, 4) is 56.1 Å². The van der Waals surface area contributed by atoms with Gasteiger partial charge in [0.1, 0.15) is 0 Å². The third-order valence-electron chi connectivity index (χ3n) is 19.8.